The van der Waals surface area contributed by atoms with Crippen LogP contribution in [-0.4, -0.2) is 29.9 Å². The molecule has 138 valence electrons. The first kappa shape index (κ1) is 18.4. The van der Waals surface area contributed by atoms with E-state index in [1.807, 2.05) is 13.0 Å². The maximum absolute atomic E-state index is 13.0. The minimum Gasteiger partial charge on any atom is -0.465 e. The van der Waals surface area contributed by atoms with Crippen molar-refractivity contribution in [3.63, 3.8) is 0 Å². The quantitative estimate of drug-likeness (QED) is 0.635. The van der Waals surface area contributed by atoms with Crippen LogP contribution in [0.1, 0.15) is 69.0 Å². The summed E-state index contributed by atoms with van der Waals surface area (Å²) in [6, 6.07) is 8.24. The first-order chi connectivity index (χ1) is 12.4. The highest BCUT2D eigenvalue weighted by Crippen LogP contribution is 2.30. The molecule has 0 bridgehead atoms. The molecule has 1 aliphatic rings. The van der Waals surface area contributed by atoms with Crippen LogP contribution in [0.25, 0.3) is 0 Å². The molecule has 2 atom stereocenters. The fourth-order valence-electron chi connectivity index (χ4n) is 3.93. The van der Waals surface area contributed by atoms with Crippen molar-refractivity contribution in [3.05, 3.63) is 57.9 Å². The Bertz CT molecular complexity index is 838. The van der Waals surface area contributed by atoms with Gasteiger partial charge in [0.1, 0.15) is 0 Å². The van der Waals surface area contributed by atoms with Crippen LogP contribution < -0.4 is 5.32 Å². The van der Waals surface area contributed by atoms with Gasteiger partial charge in [-0.2, -0.15) is 0 Å². The summed E-state index contributed by atoms with van der Waals surface area (Å²) in [4.78, 5) is 28.0. The molecule has 3 rings (SSSR count). The highest BCUT2D eigenvalue weighted by molar-refractivity contribution is 6.03. The molecule has 1 aliphatic carbocycles. The van der Waals surface area contributed by atoms with E-state index in [0.717, 1.165) is 19.3 Å². The molecule has 26 heavy (non-hydrogen) atoms. The normalized spacial score (nSPS) is 17.5. The average Bonchev–Trinajstić information content (AvgIpc) is 2.95. The van der Waals surface area contributed by atoms with Gasteiger partial charge in [0.05, 0.1) is 24.4 Å². The number of H-pyrrole nitrogens is 1. The third-order valence-electron chi connectivity index (χ3n) is 5.29. The number of Topliss-reactive ketones (excluding diaryl/α,β-unsaturated/α-hetero) is 1. The van der Waals surface area contributed by atoms with Crippen LogP contribution in [0.4, 0.5) is 0 Å². The Labute approximate surface area is 154 Å². The van der Waals surface area contributed by atoms with Crippen LogP contribution in [0.3, 0.4) is 0 Å². The van der Waals surface area contributed by atoms with Gasteiger partial charge in [0.25, 0.3) is 0 Å². The SMILES string of the molecule is COC(=O)c1c(C)[nH]c(C(=O)[C@@H](C)N[C@@H]2CCCc3ccccc32)c1C. The molecule has 0 saturated carbocycles. The van der Waals surface area contributed by atoms with Gasteiger partial charge in [-0.1, -0.05) is 24.3 Å². The van der Waals surface area contributed by atoms with Crippen LogP contribution in [0.15, 0.2) is 24.3 Å². The van der Waals surface area contributed by atoms with E-state index in [2.05, 4.69) is 28.5 Å². The summed E-state index contributed by atoms with van der Waals surface area (Å²) in [7, 11) is 1.35. The van der Waals surface area contributed by atoms with Crippen molar-refractivity contribution in [2.45, 2.75) is 52.1 Å². The van der Waals surface area contributed by atoms with Gasteiger partial charge in [0.2, 0.25) is 0 Å². The Morgan fingerprint density at radius 1 is 1.27 bits per heavy atom. The number of benzene rings is 1. The van der Waals surface area contributed by atoms with Crippen LogP contribution >= 0.6 is 0 Å². The van der Waals surface area contributed by atoms with Gasteiger partial charge in [0.15, 0.2) is 5.78 Å². The summed E-state index contributed by atoms with van der Waals surface area (Å²) >= 11 is 0. The Morgan fingerprint density at radius 2 is 2.00 bits per heavy atom. The summed E-state index contributed by atoms with van der Waals surface area (Å²) in [6.45, 7) is 5.45. The third kappa shape index (κ3) is 3.31. The molecule has 0 aliphatic heterocycles. The molecule has 0 spiro atoms. The number of ether oxygens (including phenoxy) is 1. The predicted molar refractivity (Wildman–Crippen MR) is 101 cm³/mol. The monoisotopic (exact) mass is 354 g/mol. The van der Waals surface area contributed by atoms with E-state index in [4.69, 9.17) is 4.74 Å². The molecule has 5 nitrogen and oxygen atoms in total. The lowest BCUT2D eigenvalue weighted by molar-refractivity contribution is 0.0599. The minimum atomic E-state index is -0.419. The van der Waals surface area contributed by atoms with Crippen LogP contribution in [0.5, 0.6) is 0 Å². The van der Waals surface area contributed by atoms with Crippen LogP contribution in [-0.2, 0) is 11.2 Å². The van der Waals surface area contributed by atoms with E-state index in [-0.39, 0.29) is 17.9 Å². The zero-order valence-electron chi connectivity index (χ0n) is 15.8. The van der Waals surface area contributed by atoms with Gasteiger partial charge in [-0.3, -0.25) is 4.79 Å². The molecule has 2 N–H and O–H groups in total. The number of fused-ring (bicyclic) bond motifs is 1. The average molecular weight is 354 g/mol. The molecule has 0 fully saturated rings. The van der Waals surface area contributed by atoms with E-state index in [1.54, 1.807) is 13.8 Å². The molecule has 0 unspecified atom stereocenters. The number of hydrogen-bond acceptors (Lipinski definition) is 4. The van der Waals surface area contributed by atoms with E-state index in [1.165, 1.54) is 18.2 Å². The van der Waals surface area contributed by atoms with E-state index < -0.39 is 5.97 Å². The zero-order chi connectivity index (χ0) is 18.8. The zero-order valence-corrected chi connectivity index (χ0v) is 15.8. The van der Waals surface area contributed by atoms with Gasteiger partial charge in [-0.15, -0.1) is 0 Å². The molecule has 0 amide bonds. The molecule has 1 aromatic carbocycles. The molecule has 2 aromatic rings. The Morgan fingerprint density at radius 3 is 2.73 bits per heavy atom. The molecule has 5 heteroatoms. The highest BCUT2D eigenvalue weighted by atomic mass is 16.5. The highest BCUT2D eigenvalue weighted by Gasteiger charge is 2.28. The summed E-state index contributed by atoms with van der Waals surface area (Å²) in [5, 5.41) is 3.49. The fourth-order valence-corrected chi connectivity index (χ4v) is 3.93. The van der Waals surface area contributed by atoms with Gasteiger partial charge >= 0.3 is 5.97 Å². The van der Waals surface area contributed by atoms with Crippen molar-refractivity contribution in [2.75, 3.05) is 7.11 Å². The molecule has 1 heterocycles. The summed E-state index contributed by atoms with van der Waals surface area (Å²) in [6.07, 6.45) is 3.22. The maximum Gasteiger partial charge on any atom is 0.339 e. The number of ketones is 1. The summed E-state index contributed by atoms with van der Waals surface area (Å²) in [5.74, 6) is -0.457. The molecular formula is C21H26N2O3. The lowest BCUT2D eigenvalue weighted by Crippen LogP contribution is -2.38. The maximum atomic E-state index is 13.0. The van der Waals surface area contributed by atoms with Crippen LogP contribution in [0, 0.1) is 13.8 Å². The predicted octanol–water partition coefficient (Wildman–Crippen LogP) is 3.66. The van der Waals surface area contributed by atoms with E-state index in [9.17, 15) is 9.59 Å². The number of aromatic amines is 1. The first-order valence-corrected chi connectivity index (χ1v) is 9.09. The second-order valence-corrected chi connectivity index (χ2v) is 7.01. The third-order valence-corrected chi connectivity index (χ3v) is 5.29. The first-order valence-electron chi connectivity index (χ1n) is 9.09. The van der Waals surface area contributed by atoms with Crippen LogP contribution in [0.2, 0.25) is 0 Å². The number of aromatic nitrogens is 1. The molecular weight excluding hydrogens is 328 g/mol. The van der Waals surface area contributed by atoms with Gasteiger partial charge in [0, 0.05) is 11.7 Å². The minimum absolute atomic E-state index is 0.0381. The van der Waals surface area contributed by atoms with E-state index >= 15 is 0 Å². The Kier molecular flexibility index (Phi) is 5.28. The number of esters is 1. The number of carbonyl (C=O) groups excluding carboxylic acids is 2. The smallest absolute Gasteiger partial charge is 0.339 e. The largest absolute Gasteiger partial charge is 0.465 e. The Hall–Kier alpha value is -2.40. The number of nitrogens with one attached hydrogen (secondary N) is 2. The van der Waals surface area contributed by atoms with Crippen molar-refractivity contribution in [2.24, 2.45) is 0 Å². The number of rotatable bonds is 5. The molecule has 0 radical (unpaired) electrons. The van der Waals surface area contributed by atoms with Crippen molar-refractivity contribution < 1.29 is 14.3 Å². The van der Waals surface area contributed by atoms with Crippen molar-refractivity contribution in [3.8, 4) is 0 Å². The number of hydrogen-bond donors (Lipinski definition) is 2. The van der Waals surface area contributed by atoms with Gasteiger partial charge < -0.3 is 15.0 Å². The second kappa shape index (κ2) is 7.46. The van der Waals surface area contributed by atoms with Gasteiger partial charge in [-0.05, 0) is 56.7 Å². The Balaban J connectivity index is 1.81. The number of methoxy groups -OCH3 is 1. The standard InChI is InChI=1S/C21H26N2O3/c1-12-18(21(25)26-4)13(2)23-19(12)20(24)14(3)22-17-11-7-9-15-8-5-6-10-16(15)17/h5-6,8,10,14,17,22-23H,7,9,11H2,1-4H3/t14-,17-/m1/s1. The topological polar surface area (TPSA) is 71.2 Å². The van der Waals surface area contributed by atoms with Crippen molar-refractivity contribution in [1.29, 1.82) is 0 Å². The van der Waals surface area contributed by atoms with Crippen molar-refractivity contribution >= 4 is 11.8 Å². The summed E-state index contributed by atoms with van der Waals surface area (Å²) < 4.78 is 4.83. The molecule has 1 aromatic heterocycles. The van der Waals surface area contributed by atoms with Crippen molar-refractivity contribution in [1.82, 2.24) is 10.3 Å². The number of aryl methyl sites for hydroxylation is 2. The number of carbonyl (C=O) groups is 2. The second-order valence-electron chi connectivity index (χ2n) is 7.01. The summed E-state index contributed by atoms with van der Waals surface area (Å²) in [5.41, 5.74) is 4.88. The lowest BCUT2D eigenvalue weighted by Gasteiger charge is -2.28. The van der Waals surface area contributed by atoms with E-state index in [0.29, 0.717) is 22.5 Å². The van der Waals surface area contributed by atoms with Gasteiger partial charge in [-0.25, -0.2) is 4.79 Å². The lowest BCUT2D eigenvalue weighted by atomic mass is 9.87. The molecule has 0 saturated heterocycles. The fraction of sp³-hybridized carbons (Fsp3) is 0.429.